The van der Waals surface area contributed by atoms with E-state index in [1.807, 2.05) is 0 Å². The molecule has 1 atom stereocenters. The summed E-state index contributed by atoms with van der Waals surface area (Å²) >= 11 is 5.95. The molecule has 7 nitrogen and oxygen atoms in total. The van der Waals surface area contributed by atoms with E-state index in [0.29, 0.717) is 5.56 Å². The standard InChI is InChI=1S/C13H10N2O5S2/c16-10(17)5-8(12(19)20)15-11(18)9(22-13(15)21)4-7-2-1-3-14-6-7/h1-4,6,8H,5H2,(H,16,17)(H,19,20)/b9-4-. The maximum Gasteiger partial charge on any atom is 0.327 e. The van der Waals surface area contributed by atoms with Gasteiger partial charge in [-0.25, -0.2) is 4.79 Å². The predicted octanol–water partition coefficient (Wildman–Crippen LogP) is 1.21. The van der Waals surface area contributed by atoms with Gasteiger partial charge in [0, 0.05) is 12.4 Å². The van der Waals surface area contributed by atoms with E-state index >= 15 is 0 Å². The van der Waals surface area contributed by atoms with Crippen LogP contribution in [0.5, 0.6) is 0 Å². The van der Waals surface area contributed by atoms with Crippen molar-refractivity contribution in [2.45, 2.75) is 12.5 Å². The van der Waals surface area contributed by atoms with E-state index in [1.54, 1.807) is 24.5 Å². The number of aliphatic carboxylic acids is 2. The smallest absolute Gasteiger partial charge is 0.327 e. The quantitative estimate of drug-likeness (QED) is 0.609. The van der Waals surface area contributed by atoms with Gasteiger partial charge in [0.25, 0.3) is 5.91 Å². The van der Waals surface area contributed by atoms with Crippen LogP contribution >= 0.6 is 24.0 Å². The second kappa shape index (κ2) is 6.67. The summed E-state index contributed by atoms with van der Waals surface area (Å²) in [5.41, 5.74) is 0.660. The van der Waals surface area contributed by atoms with Gasteiger partial charge < -0.3 is 10.2 Å². The number of pyridine rings is 1. The van der Waals surface area contributed by atoms with Crippen LogP contribution in [0.3, 0.4) is 0 Å². The van der Waals surface area contributed by atoms with Crippen molar-refractivity contribution in [2.75, 3.05) is 0 Å². The number of rotatable bonds is 5. The molecule has 1 saturated heterocycles. The van der Waals surface area contributed by atoms with Crippen LogP contribution in [0.25, 0.3) is 6.08 Å². The number of aromatic nitrogens is 1. The highest BCUT2D eigenvalue weighted by atomic mass is 32.2. The fourth-order valence-corrected chi connectivity index (χ4v) is 3.17. The first-order valence-electron chi connectivity index (χ1n) is 6.02. The van der Waals surface area contributed by atoms with Crippen LogP contribution in [0.1, 0.15) is 12.0 Å². The molecule has 0 aliphatic carbocycles. The Kier molecular flexibility index (Phi) is 4.88. The monoisotopic (exact) mass is 338 g/mol. The van der Waals surface area contributed by atoms with Gasteiger partial charge in [0.1, 0.15) is 10.4 Å². The van der Waals surface area contributed by atoms with Crippen LogP contribution in [0.15, 0.2) is 29.4 Å². The molecule has 1 aliphatic heterocycles. The second-order valence-corrected chi connectivity index (χ2v) is 5.97. The third kappa shape index (κ3) is 3.49. The molecule has 22 heavy (non-hydrogen) atoms. The third-order valence-electron chi connectivity index (χ3n) is 2.77. The number of amides is 1. The van der Waals surface area contributed by atoms with Crippen LogP contribution in [0, 0.1) is 0 Å². The zero-order valence-electron chi connectivity index (χ0n) is 11.0. The minimum absolute atomic E-state index is 0.0220. The highest BCUT2D eigenvalue weighted by Gasteiger charge is 2.41. The van der Waals surface area contributed by atoms with Crippen molar-refractivity contribution in [1.29, 1.82) is 0 Å². The Morgan fingerprint density at radius 3 is 2.73 bits per heavy atom. The Balaban J connectivity index is 2.30. The lowest BCUT2D eigenvalue weighted by molar-refractivity contribution is -0.150. The maximum absolute atomic E-state index is 12.3. The highest BCUT2D eigenvalue weighted by Crippen LogP contribution is 2.34. The Hall–Kier alpha value is -2.26. The van der Waals surface area contributed by atoms with Crippen LogP contribution in [-0.4, -0.2) is 48.3 Å². The molecule has 0 spiro atoms. The van der Waals surface area contributed by atoms with Crippen molar-refractivity contribution < 1.29 is 24.6 Å². The van der Waals surface area contributed by atoms with Gasteiger partial charge in [-0.3, -0.25) is 19.5 Å². The van der Waals surface area contributed by atoms with Crippen molar-refractivity contribution in [3.05, 3.63) is 35.0 Å². The summed E-state index contributed by atoms with van der Waals surface area (Å²) in [5, 5.41) is 17.9. The van der Waals surface area contributed by atoms with Crippen molar-refractivity contribution in [2.24, 2.45) is 0 Å². The molecule has 2 N–H and O–H groups in total. The molecule has 1 amide bonds. The SMILES string of the molecule is O=C(O)CC(C(=O)O)N1C(=O)/C(=C/c2cccnc2)SC1=S. The van der Waals surface area contributed by atoms with Gasteiger partial charge in [-0.15, -0.1) is 0 Å². The van der Waals surface area contributed by atoms with E-state index < -0.39 is 30.3 Å². The van der Waals surface area contributed by atoms with Gasteiger partial charge in [0.2, 0.25) is 0 Å². The zero-order chi connectivity index (χ0) is 16.3. The number of hydrogen-bond acceptors (Lipinski definition) is 6. The lowest BCUT2D eigenvalue weighted by Crippen LogP contribution is -2.45. The molecule has 0 radical (unpaired) electrons. The summed E-state index contributed by atoms with van der Waals surface area (Å²) in [6.45, 7) is 0. The molecule has 2 rings (SSSR count). The lowest BCUT2D eigenvalue weighted by atomic mass is 10.1. The Bertz CT molecular complexity index is 674. The summed E-state index contributed by atoms with van der Waals surface area (Å²) < 4.78 is 0.0220. The molecule has 1 aromatic rings. The van der Waals surface area contributed by atoms with Crippen molar-refractivity contribution in [3.8, 4) is 0 Å². The van der Waals surface area contributed by atoms with Crippen LogP contribution in [0.4, 0.5) is 0 Å². The van der Waals surface area contributed by atoms with Crippen LogP contribution < -0.4 is 0 Å². The molecular weight excluding hydrogens is 328 g/mol. The first kappa shape index (κ1) is 16.1. The number of carboxylic acids is 2. The molecule has 1 aliphatic rings. The average Bonchev–Trinajstić information content (AvgIpc) is 2.72. The normalized spacial score (nSPS) is 17.8. The topological polar surface area (TPSA) is 108 Å². The Morgan fingerprint density at radius 2 is 2.18 bits per heavy atom. The molecule has 0 aromatic carbocycles. The molecule has 0 saturated carbocycles. The summed E-state index contributed by atoms with van der Waals surface area (Å²) in [5.74, 6) is -3.36. The molecule has 1 aromatic heterocycles. The molecule has 1 fully saturated rings. The summed E-state index contributed by atoms with van der Waals surface area (Å²) in [6.07, 6.45) is 3.93. The first-order chi connectivity index (χ1) is 10.4. The van der Waals surface area contributed by atoms with Crippen molar-refractivity contribution in [1.82, 2.24) is 9.88 Å². The Labute approximate surface area is 134 Å². The van der Waals surface area contributed by atoms with Gasteiger partial charge in [0.15, 0.2) is 0 Å². The molecule has 9 heteroatoms. The number of nitrogens with zero attached hydrogens (tertiary/aromatic N) is 2. The van der Waals surface area contributed by atoms with Gasteiger partial charge >= 0.3 is 11.9 Å². The van der Waals surface area contributed by atoms with Crippen molar-refractivity contribution in [3.63, 3.8) is 0 Å². The predicted molar refractivity (Wildman–Crippen MR) is 82.9 cm³/mol. The summed E-state index contributed by atoms with van der Waals surface area (Å²) in [6, 6.07) is 1.90. The van der Waals surface area contributed by atoms with Gasteiger partial charge in [0.05, 0.1) is 11.3 Å². The van der Waals surface area contributed by atoms with Gasteiger partial charge in [-0.2, -0.15) is 0 Å². The largest absolute Gasteiger partial charge is 0.481 e. The fraction of sp³-hybridized carbons (Fsp3) is 0.154. The van der Waals surface area contributed by atoms with E-state index in [9.17, 15) is 14.4 Å². The lowest BCUT2D eigenvalue weighted by Gasteiger charge is -2.21. The van der Waals surface area contributed by atoms with E-state index in [-0.39, 0.29) is 9.23 Å². The van der Waals surface area contributed by atoms with Gasteiger partial charge in [-0.05, 0) is 17.7 Å². The molecule has 0 bridgehead atoms. The van der Waals surface area contributed by atoms with E-state index in [4.69, 9.17) is 22.4 Å². The average molecular weight is 338 g/mol. The Morgan fingerprint density at radius 1 is 1.45 bits per heavy atom. The zero-order valence-corrected chi connectivity index (χ0v) is 12.6. The van der Waals surface area contributed by atoms with Crippen LogP contribution in [-0.2, 0) is 14.4 Å². The molecule has 2 heterocycles. The van der Waals surface area contributed by atoms with Gasteiger partial charge in [-0.1, -0.05) is 30.0 Å². The number of thiocarbonyl (C=S) groups is 1. The number of hydrogen-bond donors (Lipinski definition) is 2. The molecular formula is C13H10N2O5S2. The summed E-state index contributed by atoms with van der Waals surface area (Å²) in [4.78, 5) is 39.3. The van der Waals surface area contributed by atoms with E-state index in [2.05, 4.69) is 4.98 Å². The number of carbonyl (C=O) groups is 3. The maximum atomic E-state index is 12.3. The first-order valence-corrected chi connectivity index (χ1v) is 7.24. The highest BCUT2D eigenvalue weighted by molar-refractivity contribution is 8.26. The van der Waals surface area contributed by atoms with Crippen LogP contribution in [0.2, 0.25) is 0 Å². The third-order valence-corrected chi connectivity index (χ3v) is 4.10. The second-order valence-electron chi connectivity index (χ2n) is 4.29. The minimum atomic E-state index is -1.52. The molecule has 1 unspecified atom stereocenters. The van der Waals surface area contributed by atoms with E-state index in [1.165, 1.54) is 6.08 Å². The number of carboxylic acid groups (broad SMARTS) is 2. The summed E-state index contributed by atoms with van der Waals surface area (Å²) in [7, 11) is 0. The number of carbonyl (C=O) groups excluding carboxylic acids is 1. The fourth-order valence-electron chi connectivity index (χ4n) is 1.82. The minimum Gasteiger partial charge on any atom is -0.481 e. The number of thioether (sulfide) groups is 1. The molecule has 114 valence electrons. The van der Waals surface area contributed by atoms with Crippen molar-refractivity contribution >= 4 is 52.2 Å². The van der Waals surface area contributed by atoms with E-state index in [0.717, 1.165) is 16.7 Å².